The van der Waals surface area contributed by atoms with Crippen molar-refractivity contribution < 1.29 is 9.18 Å². The molecule has 0 aliphatic carbocycles. The van der Waals surface area contributed by atoms with E-state index in [1.807, 2.05) is 6.07 Å². The van der Waals surface area contributed by atoms with Crippen molar-refractivity contribution in [3.05, 3.63) is 68.4 Å². The van der Waals surface area contributed by atoms with Crippen molar-refractivity contribution in [2.45, 2.75) is 12.8 Å². The van der Waals surface area contributed by atoms with Crippen LogP contribution in [-0.2, 0) is 0 Å². The number of nitriles is 1. The third-order valence-electron chi connectivity index (χ3n) is 3.14. The van der Waals surface area contributed by atoms with Crippen molar-refractivity contribution in [1.82, 2.24) is 0 Å². The van der Waals surface area contributed by atoms with Crippen molar-refractivity contribution in [2.24, 2.45) is 0 Å². The van der Waals surface area contributed by atoms with Gasteiger partial charge in [0.2, 0.25) is 0 Å². The highest BCUT2D eigenvalue weighted by Gasteiger charge is 2.26. The Balaban J connectivity index is 2.49. The van der Waals surface area contributed by atoms with Crippen LogP contribution in [-0.4, -0.2) is 5.78 Å². The first-order valence-electron chi connectivity index (χ1n) is 6.09. The van der Waals surface area contributed by atoms with Crippen molar-refractivity contribution in [3.63, 3.8) is 0 Å². The number of benzene rings is 2. The highest BCUT2D eigenvalue weighted by Crippen LogP contribution is 2.28. The summed E-state index contributed by atoms with van der Waals surface area (Å²) < 4.78 is 14.9. The molecular formula is C16H10BrClFNO. The minimum Gasteiger partial charge on any atom is -0.292 e. The van der Waals surface area contributed by atoms with Crippen LogP contribution in [0.3, 0.4) is 0 Å². The van der Waals surface area contributed by atoms with Gasteiger partial charge in [-0.05, 0) is 36.8 Å². The Bertz CT molecular complexity index is 754. The maximum absolute atomic E-state index is 14.0. The van der Waals surface area contributed by atoms with Gasteiger partial charge >= 0.3 is 0 Å². The van der Waals surface area contributed by atoms with E-state index in [-0.39, 0.29) is 10.6 Å². The fraction of sp³-hybridized carbons (Fsp3) is 0.125. The SMILES string of the molecule is Cc1cc(Br)ccc1C(=O)C(C#N)c1cccc(Cl)c1F. The summed E-state index contributed by atoms with van der Waals surface area (Å²) in [5.74, 6) is -2.39. The molecule has 0 radical (unpaired) electrons. The fourth-order valence-electron chi connectivity index (χ4n) is 2.07. The van der Waals surface area contributed by atoms with E-state index < -0.39 is 17.5 Å². The van der Waals surface area contributed by atoms with Gasteiger partial charge in [0.1, 0.15) is 11.7 Å². The lowest BCUT2D eigenvalue weighted by Crippen LogP contribution is -2.14. The quantitative estimate of drug-likeness (QED) is 0.714. The molecule has 0 N–H and O–H groups in total. The summed E-state index contributed by atoms with van der Waals surface area (Å²) in [6, 6.07) is 11.3. The summed E-state index contributed by atoms with van der Waals surface area (Å²) in [4.78, 5) is 12.5. The van der Waals surface area contributed by atoms with Gasteiger partial charge in [-0.15, -0.1) is 0 Å². The first-order chi connectivity index (χ1) is 9.95. The van der Waals surface area contributed by atoms with Gasteiger partial charge in [0, 0.05) is 15.6 Å². The van der Waals surface area contributed by atoms with E-state index in [4.69, 9.17) is 11.6 Å². The van der Waals surface area contributed by atoms with Crippen LogP contribution in [0.25, 0.3) is 0 Å². The third kappa shape index (κ3) is 3.15. The number of Topliss-reactive ketones (excluding diaryl/α,β-unsaturated/α-hetero) is 1. The Labute approximate surface area is 135 Å². The number of carbonyl (C=O) groups is 1. The molecule has 5 heteroatoms. The number of hydrogen-bond acceptors (Lipinski definition) is 2. The number of carbonyl (C=O) groups excluding carboxylic acids is 1. The van der Waals surface area contributed by atoms with Crippen molar-refractivity contribution >= 4 is 33.3 Å². The lowest BCUT2D eigenvalue weighted by atomic mass is 9.89. The summed E-state index contributed by atoms with van der Waals surface area (Å²) in [5, 5.41) is 9.18. The number of rotatable bonds is 3. The molecule has 2 aromatic carbocycles. The number of halogens is 3. The molecule has 0 fully saturated rings. The molecule has 0 aliphatic rings. The Kier molecular flexibility index (Phi) is 4.76. The topological polar surface area (TPSA) is 40.9 Å². The molecule has 0 aromatic heterocycles. The summed E-state index contributed by atoms with van der Waals surface area (Å²) in [5.41, 5.74) is 1.11. The van der Waals surface area contributed by atoms with Gasteiger partial charge in [0.25, 0.3) is 0 Å². The molecule has 2 rings (SSSR count). The summed E-state index contributed by atoms with van der Waals surface area (Å²) >= 11 is 9.03. The zero-order chi connectivity index (χ0) is 15.6. The lowest BCUT2D eigenvalue weighted by molar-refractivity contribution is 0.0977. The van der Waals surface area contributed by atoms with Crippen molar-refractivity contribution in [2.75, 3.05) is 0 Å². The first kappa shape index (κ1) is 15.7. The third-order valence-corrected chi connectivity index (χ3v) is 3.92. The van der Waals surface area contributed by atoms with E-state index in [9.17, 15) is 14.4 Å². The Morgan fingerprint density at radius 2 is 2.10 bits per heavy atom. The van der Waals surface area contributed by atoms with Crippen molar-refractivity contribution in [1.29, 1.82) is 5.26 Å². The smallest absolute Gasteiger partial charge is 0.184 e. The van der Waals surface area contributed by atoms with E-state index in [2.05, 4.69) is 15.9 Å². The molecule has 0 saturated carbocycles. The van der Waals surface area contributed by atoms with Crippen LogP contribution in [0.2, 0.25) is 5.02 Å². The fourth-order valence-corrected chi connectivity index (χ4v) is 2.73. The van der Waals surface area contributed by atoms with E-state index in [1.165, 1.54) is 18.2 Å². The molecule has 0 heterocycles. The Hall–Kier alpha value is -1.70. The van der Waals surface area contributed by atoms with Gasteiger partial charge in [-0.1, -0.05) is 39.7 Å². The molecule has 21 heavy (non-hydrogen) atoms. The minimum absolute atomic E-state index is 0.00248. The highest BCUT2D eigenvalue weighted by atomic mass is 79.9. The maximum atomic E-state index is 14.0. The van der Waals surface area contributed by atoms with Gasteiger partial charge < -0.3 is 0 Å². The molecule has 1 atom stereocenters. The lowest BCUT2D eigenvalue weighted by Gasteiger charge is -2.12. The standard InChI is InChI=1S/C16H10BrClFNO/c1-9-7-10(17)5-6-11(9)16(21)13(8-20)12-3-2-4-14(18)15(12)19/h2-7,13H,1H3. The normalized spacial score (nSPS) is 11.8. The van der Waals surface area contributed by atoms with E-state index in [0.29, 0.717) is 5.56 Å². The second-order valence-corrected chi connectivity index (χ2v) is 5.85. The van der Waals surface area contributed by atoms with Gasteiger partial charge in [-0.2, -0.15) is 5.26 Å². The maximum Gasteiger partial charge on any atom is 0.184 e. The number of ketones is 1. The molecule has 1 unspecified atom stereocenters. The van der Waals surface area contributed by atoms with E-state index in [0.717, 1.165) is 10.0 Å². The molecule has 0 bridgehead atoms. The number of hydrogen-bond donors (Lipinski definition) is 0. The zero-order valence-electron chi connectivity index (χ0n) is 11.0. The molecule has 0 aliphatic heterocycles. The predicted octanol–water partition coefficient (Wildman–Crippen LogP) is 5.04. The summed E-state index contributed by atoms with van der Waals surface area (Å²) in [6.45, 7) is 1.76. The van der Waals surface area contributed by atoms with Crippen LogP contribution < -0.4 is 0 Å². The monoisotopic (exact) mass is 365 g/mol. The Morgan fingerprint density at radius 1 is 1.38 bits per heavy atom. The molecule has 2 nitrogen and oxygen atoms in total. The van der Waals surface area contributed by atoms with Gasteiger partial charge in [-0.3, -0.25) is 4.79 Å². The molecule has 2 aromatic rings. The van der Waals surface area contributed by atoms with Crippen LogP contribution in [0.4, 0.5) is 4.39 Å². The van der Waals surface area contributed by atoms with E-state index in [1.54, 1.807) is 25.1 Å². The van der Waals surface area contributed by atoms with Crippen LogP contribution in [0.15, 0.2) is 40.9 Å². The molecular weight excluding hydrogens is 357 g/mol. The van der Waals surface area contributed by atoms with Gasteiger partial charge in [0.05, 0.1) is 11.1 Å². The largest absolute Gasteiger partial charge is 0.292 e. The van der Waals surface area contributed by atoms with Crippen LogP contribution in [0.5, 0.6) is 0 Å². The van der Waals surface area contributed by atoms with Gasteiger partial charge in [0.15, 0.2) is 5.78 Å². The van der Waals surface area contributed by atoms with Crippen LogP contribution in [0.1, 0.15) is 27.4 Å². The minimum atomic E-state index is -1.22. The van der Waals surface area contributed by atoms with E-state index >= 15 is 0 Å². The van der Waals surface area contributed by atoms with Gasteiger partial charge in [-0.25, -0.2) is 4.39 Å². The summed E-state index contributed by atoms with van der Waals surface area (Å²) in [7, 11) is 0. The summed E-state index contributed by atoms with van der Waals surface area (Å²) in [6.07, 6.45) is 0. The average molecular weight is 367 g/mol. The highest BCUT2D eigenvalue weighted by molar-refractivity contribution is 9.10. The average Bonchev–Trinajstić information content (AvgIpc) is 2.44. The van der Waals surface area contributed by atoms with Crippen molar-refractivity contribution in [3.8, 4) is 6.07 Å². The van der Waals surface area contributed by atoms with Crippen LogP contribution in [0, 0.1) is 24.1 Å². The molecule has 0 spiro atoms. The molecule has 106 valence electrons. The molecule has 0 saturated heterocycles. The number of aryl methyl sites for hydroxylation is 1. The Morgan fingerprint density at radius 3 is 2.71 bits per heavy atom. The first-order valence-corrected chi connectivity index (χ1v) is 7.26. The predicted molar refractivity (Wildman–Crippen MR) is 83.0 cm³/mol. The number of nitrogens with zero attached hydrogens (tertiary/aromatic N) is 1. The second kappa shape index (κ2) is 6.38. The van der Waals surface area contributed by atoms with Crippen LogP contribution >= 0.6 is 27.5 Å². The second-order valence-electron chi connectivity index (χ2n) is 4.53. The zero-order valence-corrected chi connectivity index (χ0v) is 13.4. The molecule has 0 amide bonds.